The van der Waals surface area contributed by atoms with Crippen LogP contribution in [0.5, 0.6) is 0 Å². The van der Waals surface area contributed by atoms with Crippen molar-refractivity contribution in [2.75, 3.05) is 21.5 Å². The number of fused-ring (bicyclic) bond motifs is 2. The monoisotopic (exact) mass is 828 g/mol. The second-order valence-corrected chi connectivity index (χ2v) is 15.4. The van der Waals surface area contributed by atoms with Crippen molar-refractivity contribution < 1.29 is 60.1 Å². The molecule has 0 fully saturated rings. The zero-order chi connectivity index (χ0) is 42.3. The SMILES string of the molecule is Cc1cc(C(=O)O)ccc1NN=C1C(=O)c2ccc(NC(=O)Nc3ccc4c(c3)C=C(S(=O)(=O)O)C(=NNc3ccc(C(=O)O)cc3C)C4=O)cc2C=C1S(=O)(=O)O. The number of aryl methyl sites for hydroxylation is 2. The van der Waals surface area contributed by atoms with Crippen LogP contribution >= 0.6 is 0 Å². The van der Waals surface area contributed by atoms with Crippen LogP contribution in [-0.2, 0) is 20.2 Å². The number of hydrogen-bond donors (Lipinski definition) is 8. The normalized spacial score (nSPS) is 15.2. The van der Waals surface area contributed by atoms with E-state index in [4.69, 9.17) is 0 Å². The maximum Gasteiger partial charge on any atom is 0.335 e. The summed E-state index contributed by atoms with van der Waals surface area (Å²) in [5.41, 5.74) is 5.05. The summed E-state index contributed by atoms with van der Waals surface area (Å²) >= 11 is 0. The first kappa shape index (κ1) is 40.3. The molecule has 2 aliphatic rings. The van der Waals surface area contributed by atoms with Crippen molar-refractivity contribution in [3.63, 3.8) is 0 Å². The molecule has 4 aromatic rings. The first-order valence-electron chi connectivity index (χ1n) is 16.4. The molecule has 296 valence electrons. The van der Waals surface area contributed by atoms with Crippen LogP contribution in [0.25, 0.3) is 12.2 Å². The van der Waals surface area contributed by atoms with Crippen molar-refractivity contribution in [3.8, 4) is 0 Å². The Balaban J connectivity index is 1.21. The standard InChI is InChI=1S/C37H28N6O13S2/c1-17-11-19(35(46)47)3-9-27(17)40-42-31-29(57(51,52)53)15-21-13-23(5-7-25(21)33(31)44)38-37(50)39-24-6-8-26-22(14-24)16-30(58(54,55)56)32(34(26)45)43-41-28-10-4-20(36(48)49)12-18(28)2/h3-16,40-41H,1-2H3,(H,46,47)(H,48,49)(H2,38,39,50)(H,51,52,53)(H,54,55,56). The number of nitrogens with one attached hydrogen (secondary N) is 4. The van der Waals surface area contributed by atoms with E-state index in [0.29, 0.717) is 11.1 Å². The van der Waals surface area contributed by atoms with Crippen LogP contribution in [0.2, 0.25) is 0 Å². The van der Waals surface area contributed by atoms with Gasteiger partial charge in [0.05, 0.1) is 22.5 Å². The van der Waals surface area contributed by atoms with Crippen molar-refractivity contribution in [1.82, 2.24) is 0 Å². The summed E-state index contributed by atoms with van der Waals surface area (Å²) in [7, 11) is -10.1. The molecule has 0 unspecified atom stereocenters. The Hall–Kier alpha value is -7.33. The fourth-order valence-corrected chi connectivity index (χ4v) is 7.12. The van der Waals surface area contributed by atoms with Crippen LogP contribution in [0.15, 0.2) is 92.8 Å². The Kier molecular flexibility index (Phi) is 10.6. The molecule has 0 saturated heterocycles. The minimum Gasteiger partial charge on any atom is -0.478 e. The number of nitrogens with zero attached hydrogens (tertiary/aromatic N) is 2. The molecule has 0 spiro atoms. The van der Waals surface area contributed by atoms with E-state index in [-0.39, 0.29) is 56.1 Å². The number of amides is 2. The number of carboxylic acid groups (broad SMARTS) is 2. The van der Waals surface area contributed by atoms with Gasteiger partial charge in [0, 0.05) is 22.5 Å². The molecule has 0 aliphatic heterocycles. The van der Waals surface area contributed by atoms with Crippen LogP contribution in [0, 0.1) is 13.8 Å². The highest BCUT2D eigenvalue weighted by molar-refractivity contribution is 7.91. The Morgan fingerprint density at radius 1 is 0.569 bits per heavy atom. The number of rotatable bonds is 10. The average molecular weight is 829 g/mol. The molecule has 2 amide bonds. The molecule has 0 saturated carbocycles. The molecule has 0 aromatic heterocycles. The molecule has 0 radical (unpaired) electrons. The van der Waals surface area contributed by atoms with Crippen molar-refractivity contribution in [1.29, 1.82) is 0 Å². The van der Waals surface area contributed by atoms with Gasteiger partial charge in [-0.3, -0.25) is 29.5 Å². The molecule has 21 heteroatoms. The summed E-state index contributed by atoms with van der Waals surface area (Å²) in [6.07, 6.45) is 1.94. The quantitative estimate of drug-likeness (QED) is 0.0759. The van der Waals surface area contributed by atoms with E-state index in [1.54, 1.807) is 13.8 Å². The molecular weight excluding hydrogens is 801 g/mol. The second-order valence-electron chi connectivity index (χ2n) is 12.6. The first-order valence-corrected chi connectivity index (χ1v) is 19.3. The predicted molar refractivity (Wildman–Crippen MR) is 212 cm³/mol. The van der Waals surface area contributed by atoms with Gasteiger partial charge in [-0.1, -0.05) is 0 Å². The number of urea groups is 1. The van der Waals surface area contributed by atoms with Gasteiger partial charge in [-0.2, -0.15) is 27.0 Å². The van der Waals surface area contributed by atoms with Crippen LogP contribution in [0.4, 0.5) is 27.5 Å². The lowest BCUT2D eigenvalue weighted by molar-refractivity contribution is 0.0686. The molecule has 19 nitrogen and oxygen atoms in total. The smallest absolute Gasteiger partial charge is 0.335 e. The number of carboxylic acids is 2. The van der Waals surface area contributed by atoms with Gasteiger partial charge in [0.15, 0.2) is 11.4 Å². The Bertz CT molecular complexity index is 2690. The lowest BCUT2D eigenvalue weighted by Crippen LogP contribution is -2.27. The number of carbonyl (C=O) groups excluding carboxylic acids is 3. The fraction of sp³-hybridized carbons (Fsp3) is 0.0541. The van der Waals surface area contributed by atoms with Gasteiger partial charge in [0.1, 0.15) is 9.81 Å². The molecule has 2 aliphatic carbocycles. The van der Waals surface area contributed by atoms with Crippen LogP contribution in [0.3, 0.4) is 0 Å². The average Bonchev–Trinajstić information content (AvgIpc) is 3.13. The van der Waals surface area contributed by atoms with E-state index >= 15 is 0 Å². The van der Waals surface area contributed by atoms with Gasteiger partial charge in [0.25, 0.3) is 20.2 Å². The number of ketones is 2. The summed E-state index contributed by atoms with van der Waals surface area (Å²) in [5, 5.41) is 31.2. The largest absolute Gasteiger partial charge is 0.478 e. The highest BCUT2D eigenvalue weighted by Crippen LogP contribution is 2.31. The van der Waals surface area contributed by atoms with Gasteiger partial charge >= 0.3 is 18.0 Å². The van der Waals surface area contributed by atoms with Gasteiger partial charge < -0.3 is 20.8 Å². The van der Waals surface area contributed by atoms with Crippen molar-refractivity contribution >= 4 is 96.1 Å². The fourth-order valence-electron chi connectivity index (χ4n) is 5.81. The van der Waals surface area contributed by atoms with Crippen molar-refractivity contribution in [2.45, 2.75) is 13.8 Å². The van der Waals surface area contributed by atoms with E-state index in [0.717, 1.165) is 12.2 Å². The zero-order valence-corrected chi connectivity index (χ0v) is 31.4. The Morgan fingerprint density at radius 3 is 1.28 bits per heavy atom. The third kappa shape index (κ3) is 8.41. The molecule has 58 heavy (non-hydrogen) atoms. The molecule has 4 aromatic carbocycles. The van der Waals surface area contributed by atoms with Crippen LogP contribution < -0.4 is 21.5 Å². The highest BCUT2D eigenvalue weighted by atomic mass is 32.2. The van der Waals surface area contributed by atoms with Gasteiger partial charge in [-0.15, -0.1) is 0 Å². The number of hydrazone groups is 2. The number of anilines is 4. The van der Waals surface area contributed by atoms with E-state index < -0.39 is 71.0 Å². The number of allylic oxidation sites excluding steroid dienone is 2. The minimum atomic E-state index is -5.03. The minimum absolute atomic E-state index is 0.00839. The number of benzene rings is 4. The lowest BCUT2D eigenvalue weighted by Gasteiger charge is -2.18. The Labute approximate surface area is 328 Å². The van der Waals surface area contributed by atoms with E-state index in [2.05, 4.69) is 31.7 Å². The highest BCUT2D eigenvalue weighted by Gasteiger charge is 2.34. The molecular formula is C37H28N6O13S2. The summed E-state index contributed by atoms with van der Waals surface area (Å²) in [5.74, 6) is -4.15. The van der Waals surface area contributed by atoms with Gasteiger partial charge in [-0.25, -0.2) is 14.4 Å². The summed E-state index contributed by atoms with van der Waals surface area (Å²) in [4.78, 5) is 60.7. The summed E-state index contributed by atoms with van der Waals surface area (Å²) in [6, 6.07) is 14.8. The Morgan fingerprint density at radius 2 is 0.948 bits per heavy atom. The third-order valence-electron chi connectivity index (χ3n) is 8.66. The number of carbonyl (C=O) groups is 5. The number of Topliss-reactive ketones (excluding diaryl/α,β-unsaturated/α-hetero) is 2. The molecule has 0 heterocycles. The maximum atomic E-state index is 13.4. The van der Waals surface area contributed by atoms with Crippen molar-refractivity contribution in [2.24, 2.45) is 10.2 Å². The topological polar surface area (TPSA) is 307 Å². The molecule has 0 atom stereocenters. The van der Waals surface area contributed by atoms with E-state index in [1.807, 2.05) is 0 Å². The molecule has 6 rings (SSSR count). The van der Waals surface area contributed by atoms with Crippen LogP contribution in [-0.4, -0.2) is 77.1 Å². The third-order valence-corrected chi connectivity index (χ3v) is 10.4. The number of aromatic carboxylic acids is 2. The number of hydrogen-bond acceptors (Lipinski definition) is 13. The lowest BCUT2D eigenvalue weighted by atomic mass is 9.94. The summed E-state index contributed by atoms with van der Waals surface area (Å²) < 4.78 is 69.3. The van der Waals surface area contributed by atoms with E-state index in [1.165, 1.54) is 72.8 Å². The molecule has 8 N–H and O–H groups in total. The summed E-state index contributed by atoms with van der Waals surface area (Å²) in [6.45, 7) is 3.11. The maximum absolute atomic E-state index is 13.4. The second kappa shape index (κ2) is 15.3. The first-order chi connectivity index (χ1) is 27.2. The zero-order valence-electron chi connectivity index (χ0n) is 29.8. The predicted octanol–water partition coefficient (Wildman–Crippen LogP) is 5.13. The van der Waals surface area contributed by atoms with E-state index in [9.17, 15) is 60.1 Å². The van der Waals surface area contributed by atoms with Crippen molar-refractivity contribution in [3.05, 3.63) is 127 Å². The molecule has 0 bridgehead atoms. The van der Waals surface area contributed by atoms with Gasteiger partial charge in [0.2, 0.25) is 11.6 Å². The van der Waals surface area contributed by atoms with Gasteiger partial charge in [-0.05, 0) is 121 Å². The van der Waals surface area contributed by atoms with Crippen LogP contribution in [0.1, 0.15) is 63.7 Å².